The van der Waals surface area contributed by atoms with Crippen molar-refractivity contribution in [3.05, 3.63) is 29.7 Å². The van der Waals surface area contributed by atoms with Crippen LogP contribution in [0, 0.1) is 0 Å². The van der Waals surface area contributed by atoms with Gasteiger partial charge in [0.05, 0.1) is 5.56 Å². The molecule has 0 aliphatic carbocycles. The lowest BCUT2D eigenvalue weighted by atomic mass is 9.96. The zero-order valence-electron chi connectivity index (χ0n) is 15.2. The number of rotatable bonds is 4. The molecule has 1 N–H and O–H groups in total. The highest BCUT2D eigenvalue weighted by molar-refractivity contribution is 5.94. The Hall–Kier alpha value is -2.44. The van der Waals surface area contributed by atoms with Gasteiger partial charge in [-0.15, -0.1) is 10.2 Å². The number of amides is 2. The molecule has 2 amide bonds. The third-order valence-electron chi connectivity index (χ3n) is 4.38. The Morgan fingerprint density at radius 3 is 2.72 bits per heavy atom. The van der Waals surface area contributed by atoms with Crippen molar-refractivity contribution in [1.29, 1.82) is 0 Å². The molecular weight excluding hydrogens is 318 g/mol. The number of carbonyl (C=O) groups is 2. The van der Waals surface area contributed by atoms with Gasteiger partial charge in [0.15, 0.2) is 5.65 Å². The lowest BCUT2D eigenvalue weighted by molar-refractivity contribution is -0.127. The van der Waals surface area contributed by atoms with Crippen LogP contribution in [0.4, 0.5) is 0 Å². The summed E-state index contributed by atoms with van der Waals surface area (Å²) in [5, 5.41) is 11.4. The van der Waals surface area contributed by atoms with E-state index < -0.39 is 0 Å². The predicted molar refractivity (Wildman–Crippen MR) is 94.4 cm³/mol. The Kier molecular flexibility index (Phi) is 4.49. The van der Waals surface area contributed by atoms with Crippen LogP contribution in [0.15, 0.2) is 18.3 Å². The monoisotopic (exact) mass is 343 g/mol. The Bertz CT molecular complexity index is 805. The van der Waals surface area contributed by atoms with Crippen LogP contribution in [-0.4, -0.2) is 50.4 Å². The van der Waals surface area contributed by atoms with Crippen LogP contribution < -0.4 is 5.32 Å². The fraction of sp³-hybridized carbons (Fsp3) is 0.556. The van der Waals surface area contributed by atoms with Gasteiger partial charge >= 0.3 is 0 Å². The van der Waals surface area contributed by atoms with Gasteiger partial charge < -0.3 is 10.2 Å². The van der Waals surface area contributed by atoms with Crippen molar-refractivity contribution < 1.29 is 9.59 Å². The predicted octanol–water partition coefficient (Wildman–Crippen LogP) is 1.77. The highest BCUT2D eigenvalue weighted by atomic mass is 16.2. The van der Waals surface area contributed by atoms with Gasteiger partial charge in [-0.3, -0.25) is 14.0 Å². The van der Waals surface area contributed by atoms with Gasteiger partial charge in [0, 0.05) is 37.2 Å². The number of aromatic nitrogens is 3. The normalized spacial score (nSPS) is 16.5. The van der Waals surface area contributed by atoms with E-state index in [0.29, 0.717) is 18.5 Å². The first-order chi connectivity index (χ1) is 11.8. The fourth-order valence-electron chi connectivity index (χ4n) is 3.12. The maximum absolute atomic E-state index is 12.6. The van der Waals surface area contributed by atoms with Gasteiger partial charge in [-0.25, -0.2) is 0 Å². The molecule has 0 radical (unpaired) electrons. The van der Waals surface area contributed by atoms with E-state index in [1.165, 1.54) is 0 Å². The lowest BCUT2D eigenvalue weighted by Crippen LogP contribution is -2.42. The Morgan fingerprint density at radius 2 is 2.08 bits per heavy atom. The van der Waals surface area contributed by atoms with Gasteiger partial charge in [-0.2, -0.15) is 0 Å². The maximum Gasteiger partial charge on any atom is 0.253 e. The second kappa shape index (κ2) is 6.46. The zero-order valence-corrected chi connectivity index (χ0v) is 15.2. The quantitative estimate of drug-likeness (QED) is 0.917. The van der Waals surface area contributed by atoms with Crippen LogP contribution in [0.3, 0.4) is 0 Å². The number of hydrogen-bond donors (Lipinski definition) is 1. The molecule has 2 aromatic heterocycles. The standard InChI is InChI=1S/C18H25N5O2/c1-12(10-22-9-5-6-15(22)24)19-16(25)13-7-8-14-20-21-17(18(2,3)4)23(14)11-13/h7-8,11-12H,5-6,9-10H2,1-4H3,(H,19,25). The summed E-state index contributed by atoms with van der Waals surface area (Å²) in [5.41, 5.74) is 1.10. The van der Waals surface area contributed by atoms with Crippen molar-refractivity contribution in [2.75, 3.05) is 13.1 Å². The molecule has 1 unspecified atom stereocenters. The highest BCUT2D eigenvalue weighted by Gasteiger charge is 2.24. The number of nitrogens with one attached hydrogen (secondary N) is 1. The number of carbonyl (C=O) groups excluding carboxylic acids is 2. The van der Waals surface area contributed by atoms with Gasteiger partial charge in [0.2, 0.25) is 5.91 Å². The molecule has 7 nitrogen and oxygen atoms in total. The van der Waals surface area contributed by atoms with Crippen LogP contribution in [0.25, 0.3) is 5.65 Å². The average Bonchev–Trinajstić information content (AvgIpc) is 3.12. The summed E-state index contributed by atoms with van der Waals surface area (Å²) in [6, 6.07) is 3.44. The summed E-state index contributed by atoms with van der Waals surface area (Å²) >= 11 is 0. The third kappa shape index (κ3) is 3.65. The minimum atomic E-state index is -0.169. The molecule has 0 bridgehead atoms. The van der Waals surface area contributed by atoms with Crippen LogP contribution in [0.1, 0.15) is 56.7 Å². The maximum atomic E-state index is 12.6. The summed E-state index contributed by atoms with van der Waals surface area (Å²) in [7, 11) is 0. The highest BCUT2D eigenvalue weighted by Crippen LogP contribution is 2.21. The summed E-state index contributed by atoms with van der Waals surface area (Å²) in [5.74, 6) is 0.823. The van der Waals surface area contributed by atoms with E-state index in [0.717, 1.165) is 24.4 Å². The largest absolute Gasteiger partial charge is 0.348 e. The molecule has 1 aliphatic heterocycles. The van der Waals surface area contributed by atoms with Gasteiger partial charge in [0.25, 0.3) is 5.91 Å². The van der Waals surface area contributed by atoms with E-state index in [1.807, 2.05) is 16.2 Å². The topological polar surface area (TPSA) is 79.6 Å². The molecule has 0 spiro atoms. The summed E-state index contributed by atoms with van der Waals surface area (Å²) in [6.07, 6.45) is 3.29. The molecule has 0 aromatic carbocycles. The number of likely N-dealkylation sites (tertiary alicyclic amines) is 1. The third-order valence-corrected chi connectivity index (χ3v) is 4.38. The number of pyridine rings is 1. The summed E-state index contributed by atoms with van der Waals surface area (Å²) in [6.45, 7) is 9.43. The molecule has 1 atom stereocenters. The van der Waals surface area contributed by atoms with Gasteiger partial charge in [-0.1, -0.05) is 20.8 Å². The Balaban J connectivity index is 1.74. The van der Waals surface area contributed by atoms with Crippen LogP contribution in [0.5, 0.6) is 0 Å². The van der Waals surface area contributed by atoms with Crippen LogP contribution in [0.2, 0.25) is 0 Å². The van der Waals surface area contributed by atoms with E-state index in [-0.39, 0.29) is 23.3 Å². The van der Waals surface area contributed by atoms with Gasteiger partial charge in [-0.05, 0) is 25.5 Å². The number of fused-ring (bicyclic) bond motifs is 1. The Morgan fingerprint density at radius 1 is 1.32 bits per heavy atom. The van der Waals surface area contributed by atoms with E-state index in [4.69, 9.17) is 0 Å². The summed E-state index contributed by atoms with van der Waals surface area (Å²) < 4.78 is 1.86. The molecule has 134 valence electrons. The Labute approximate surface area is 147 Å². The van der Waals surface area contributed by atoms with E-state index in [1.54, 1.807) is 18.3 Å². The SMILES string of the molecule is CC(CN1CCCC1=O)NC(=O)c1ccc2nnc(C(C)(C)C)n2c1. The molecule has 3 heterocycles. The number of hydrogen-bond acceptors (Lipinski definition) is 4. The van der Waals surface area contributed by atoms with Crippen LogP contribution in [-0.2, 0) is 10.2 Å². The molecule has 25 heavy (non-hydrogen) atoms. The van der Waals surface area contributed by atoms with E-state index >= 15 is 0 Å². The van der Waals surface area contributed by atoms with Crippen molar-refractivity contribution >= 4 is 17.5 Å². The van der Waals surface area contributed by atoms with Crippen molar-refractivity contribution in [3.63, 3.8) is 0 Å². The minimum Gasteiger partial charge on any atom is -0.348 e. The smallest absolute Gasteiger partial charge is 0.253 e. The van der Waals surface area contributed by atoms with E-state index in [2.05, 4.69) is 36.3 Å². The summed E-state index contributed by atoms with van der Waals surface area (Å²) in [4.78, 5) is 26.1. The van der Waals surface area contributed by atoms with Crippen LogP contribution >= 0.6 is 0 Å². The fourth-order valence-corrected chi connectivity index (χ4v) is 3.12. The lowest BCUT2D eigenvalue weighted by Gasteiger charge is -2.21. The molecule has 0 saturated carbocycles. The molecular formula is C18H25N5O2. The first-order valence-electron chi connectivity index (χ1n) is 8.69. The molecule has 2 aromatic rings. The minimum absolute atomic E-state index is 0.103. The van der Waals surface area contributed by atoms with Crippen molar-refractivity contribution in [1.82, 2.24) is 24.8 Å². The first kappa shape index (κ1) is 17.4. The molecule has 1 aliphatic rings. The van der Waals surface area contributed by atoms with E-state index in [9.17, 15) is 9.59 Å². The molecule has 3 rings (SSSR count). The second-order valence-electron chi connectivity index (χ2n) is 7.74. The van der Waals surface area contributed by atoms with Crippen molar-refractivity contribution in [2.24, 2.45) is 0 Å². The molecule has 1 fully saturated rings. The zero-order chi connectivity index (χ0) is 18.2. The second-order valence-corrected chi connectivity index (χ2v) is 7.74. The van der Waals surface area contributed by atoms with Crippen molar-refractivity contribution in [2.45, 2.75) is 52.0 Å². The number of nitrogens with zero attached hydrogens (tertiary/aromatic N) is 4. The first-order valence-corrected chi connectivity index (χ1v) is 8.69. The van der Waals surface area contributed by atoms with Gasteiger partial charge in [0.1, 0.15) is 5.82 Å². The van der Waals surface area contributed by atoms with Crippen molar-refractivity contribution in [3.8, 4) is 0 Å². The average molecular weight is 343 g/mol. The molecule has 1 saturated heterocycles. The molecule has 7 heteroatoms.